The molecule has 0 fully saturated rings. The van der Waals surface area contributed by atoms with Crippen molar-refractivity contribution >= 4 is 35.3 Å². The van der Waals surface area contributed by atoms with Crippen molar-refractivity contribution in [2.24, 2.45) is 9.98 Å². The monoisotopic (exact) mass is 268 g/mol. The third-order valence-corrected chi connectivity index (χ3v) is 3.33. The summed E-state index contributed by atoms with van der Waals surface area (Å²) in [7, 11) is 0. The Morgan fingerprint density at radius 1 is 0.895 bits per heavy atom. The zero-order valence-electron chi connectivity index (χ0n) is 9.74. The van der Waals surface area contributed by atoms with Gasteiger partial charge in [0, 0.05) is 9.79 Å². The van der Waals surface area contributed by atoms with Gasteiger partial charge >= 0.3 is 0 Å². The van der Waals surface area contributed by atoms with Gasteiger partial charge in [-0.15, -0.1) is 0 Å². The highest BCUT2D eigenvalue weighted by Gasteiger charge is 2.05. The fourth-order valence-electron chi connectivity index (χ4n) is 1.47. The van der Waals surface area contributed by atoms with Crippen molar-refractivity contribution < 1.29 is 9.59 Å². The molecule has 0 radical (unpaired) electrons. The number of carbonyl (C=O) groups excluding carboxylic acids is 2. The standard InChI is InChI=1S/C14H8N2O2S/c17-9-15-11-6-7-14(13(8-11)16-10-18)19-12-4-2-1-3-5-12/h1-8H. The Labute approximate surface area is 113 Å². The molecular weight excluding hydrogens is 260 g/mol. The Morgan fingerprint density at radius 3 is 2.32 bits per heavy atom. The summed E-state index contributed by atoms with van der Waals surface area (Å²) < 4.78 is 0. The van der Waals surface area contributed by atoms with Gasteiger partial charge in [-0.2, -0.15) is 9.98 Å². The van der Waals surface area contributed by atoms with E-state index in [0.717, 1.165) is 9.79 Å². The lowest BCUT2D eigenvalue weighted by Gasteiger charge is -2.04. The number of hydrogen-bond donors (Lipinski definition) is 0. The maximum absolute atomic E-state index is 10.4. The lowest BCUT2D eigenvalue weighted by atomic mass is 10.3. The first-order valence-electron chi connectivity index (χ1n) is 5.36. The molecule has 0 amide bonds. The van der Waals surface area contributed by atoms with Gasteiger partial charge in [0.1, 0.15) is 0 Å². The topological polar surface area (TPSA) is 58.9 Å². The van der Waals surface area contributed by atoms with Crippen LogP contribution in [0.5, 0.6) is 0 Å². The van der Waals surface area contributed by atoms with E-state index < -0.39 is 0 Å². The quantitative estimate of drug-likeness (QED) is 0.626. The maximum atomic E-state index is 10.4. The number of benzene rings is 2. The molecule has 0 N–H and O–H groups in total. The molecule has 0 saturated carbocycles. The predicted octanol–water partition coefficient (Wildman–Crippen LogP) is 3.77. The Morgan fingerprint density at radius 2 is 1.63 bits per heavy atom. The van der Waals surface area contributed by atoms with Gasteiger partial charge in [-0.3, -0.25) is 0 Å². The largest absolute Gasteiger partial charge is 0.240 e. The van der Waals surface area contributed by atoms with Crippen LogP contribution in [0.1, 0.15) is 0 Å². The van der Waals surface area contributed by atoms with Gasteiger partial charge in [-0.1, -0.05) is 30.0 Å². The summed E-state index contributed by atoms with van der Waals surface area (Å²) in [6, 6.07) is 14.7. The second-order valence-corrected chi connectivity index (χ2v) is 4.59. The average molecular weight is 268 g/mol. The first-order valence-corrected chi connectivity index (χ1v) is 6.18. The van der Waals surface area contributed by atoms with E-state index in [0.29, 0.717) is 11.4 Å². The molecule has 0 aromatic heterocycles. The molecule has 2 aromatic rings. The van der Waals surface area contributed by atoms with Crippen molar-refractivity contribution in [3.05, 3.63) is 48.5 Å². The van der Waals surface area contributed by atoms with Crippen LogP contribution in [-0.4, -0.2) is 12.2 Å². The fourth-order valence-corrected chi connectivity index (χ4v) is 2.36. The first kappa shape index (κ1) is 13.0. The third kappa shape index (κ3) is 3.50. The Bertz CT molecular complexity index is 673. The van der Waals surface area contributed by atoms with Gasteiger partial charge in [0.15, 0.2) is 0 Å². The van der Waals surface area contributed by atoms with Gasteiger partial charge in [0.25, 0.3) is 0 Å². The van der Waals surface area contributed by atoms with Gasteiger partial charge in [-0.25, -0.2) is 9.59 Å². The molecular formula is C14H8N2O2S. The van der Waals surface area contributed by atoms with Crippen LogP contribution in [-0.2, 0) is 9.59 Å². The molecule has 0 saturated heterocycles. The van der Waals surface area contributed by atoms with Crippen molar-refractivity contribution in [2.75, 3.05) is 0 Å². The number of hydrogen-bond acceptors (Lipinski definition) is 5. The minimum atomic E-state index is 0.404. The highest BCUT2D eigenvalue weighted by Crippen LogP contribution is 2.36. The molecule has 5 heteroatoms. The van der Waals surface area contributed by atoms with Crippen LogP contribution in [0, 0.1) is 0 Å². The minimum absolute atomic E-state index is 0.404. The summed E-state index contributed by atoms with van der Waals surface area (Å²) in [6.45, 7) is 0. The van der Waals surface area contributed by atoms with Crippen molar-refractivity contribution in [3.8, 4) is 0 Å². The molecule has 0 aliphatic rings. The Balaban J connectivity index is 2.39. The van der Waals surface area contributed by atoms with Crippen LogP contribution in [0.2, 0.25) is 0 Å². The van der Waals surface area contributed by atoms with Gasteiger partial charge in [0.2, 0.25) is 12.2 Å². The average Bonchev–Trinajstić information content (AvgIpc) is 2.43. The lowest BCUT2D eigenvalue weighted by molar-refractivity contribution is 0.564. The zero-order chi connectivity index (χ0) is 13.5. The predicted molar refractivity (Wildman–Crippen MR) is 72.6 cm³/mol. The summed E-state index contributed by atoms with van der Waals surface area (Å²) >= 11 is 1.47. The second kappa shape index (κ2) is 6.47. The molecule has 0 heterocycles. The molecule has 2 rings (SSSR count). The van der Waals surface area contributed by atoms with E-state index >= 15 is 0 Å². The molecule has 0 spiro atoms. The molecule has 0 atom stereocenters. The number of rotatable bonds is 4. The summed E-state index contributed by atoms with van der Waals surface area (Å²) in [5.74, 6) is 0. The number of isocyanates is 2. The van der Waals surface area contributed by atoms with Crippen LogP contribution in [0.3, 0.4) is 0 Å². The van der Waals surface area contributed by atoms with Crippen LogP contribution < -0.4 is 0 Å². The van der Waals surface area contributed by atoms with Crippen LogP contribution in [0.4, 0.5) is 11.4 Å². The Kier molecular flexibility index (Phi) is 4.43. The molecule has 19 heavy (non-hydrogen) atoms. The van der Waals surface area contributed by atoms with Gasteiger partial charge < -0.3 is 0 Å². The van der Waals surface area contributed by atoms with Crippen molar-refractivity contribution in [1.29, 1.82) is 0 Å². The third-order valence-electron chi connectivity index (χ3n) is 2.25. The molecule has 92 valence electrons. The summed E-state index contributed by atoms with van der Waals surface area (Å²) in [5, 5.41) is 0. The normalized spacial score (nSPS) is 9.26. The van der Waals surface area contributed by atoms with Crippen molar-refractivity contribution in [2.45, 2.75) is 9.79 Å². The fraction of sp³-hybridized carbons (Fsp3) is 0. The minimum Gasteiger partial charge on any atom is -0.211 e. The van der Waals surface area contributed by atoms with Crippen molar-refractivity contribution in [3.63, 3.8) is 0 Å². The van der Waals surface area contributed by atoms with E-state index in [2.05, 4.69) is 9.98 Å². The summed E-state index contributed by atoms with van der Waals surface area (Å²) in [6.07, 6.45) is 2.95. The van der Waals surface area contributed by atoms with E-state index in [4.69, 9.17) is 0 Å². The van der Waals surface area contributed by atoms with Gasteiger partial charge in [0.05, 0.1) is 11.4 Å². The summed E-state index contributed by atoms with van der Waals surface area (Å²) in [5.41, 5.74) is 0.835. The van der Waals surface area contributed by atoms with Crippen LogP contribution in [0.25, 0.3) is 0 Å². The second-order valence-electron chi connectivity index (χ2n) is 3.47. The molecule has 0 unspecified atom stereocenters. The van der Waals surface area contributed by atoms with E-state index in [9.17, 15) is 9.59 Å². The molecule has 0 aliphatic carbocycles. The maximum Gasteiger partial charge on any atom is 0.240 e. The molecule has 4 nitrogen and oxygen atoms in total. The molecule has 2 aromatic carbocycles. The number of aliphatic imine (C=N–C) groups is 2. The molecule has 0 aliphatic heterocycles. The number of nitrogens with zero attached hydrogens (tertiary/aromatic N) is 2. The first-order chi connectivity index (χ1) is 9.33. The Hall–Kier alpha value is -2.45. The van der Waals surface area contributed by atoms with E-state index in [1.807, 2.05) is 30.3 Å². The van der Waals surface area contributed by atoms with E-state index in [-0.39, 0.29) is 0 Å². The van der Waals surface area contributed by atoms with E-state index in [1.165, 1.54) is 23.9 Å². The smallest absolute Gasteiger partial charge is 0.211 e. The molecule has 0 bridgehead atoms. The van der Waals surface area contributed by atoms with E-state index in [1.54, 1.807) is 18.2 Å². The van der Waals surface area contributed by atoms with Gasteiger partial charge in [-0.05, 0) is 30.3 Å². The van der Waals surface area contributed by atoms with Crippen molar-refractivity contribution in [1.82, 2.24) is 0 Å². The van der Waals surface area contributed by atoms with Crippen LogP contribution >= 0.6 is 11.8 Å². The van der Waals surface area contributed by atoms with Crippen LogP contribution in [0.15, 0.2) is 68.3 Å². The SMILES string of the molecule is O=C=Nc1ccc(Sc2ccccc2)c(N=C=O)c1. The highest BCUT2D eigenvalue weighted by molar-refractivity contribution is 7.99. The lowest BCUT2D eigenvalue weighted by Crippen LogP contribution is -1.76. The highest BCUT2D eigenvalue weighted by atomic mass is 32.2. The summed E-state index contributed by atoms with van der Waals surface area (Å²) in [4.78, 5) is 29.6. The zero-order valence-corrected chi connectivity index (χ0v) is 10.6.